The van der Waals surface area contributed by atoms with Gasteiger partial charge in [0.2, 0.25) is 5.91 Å². The Bertz CT molecular complexity index is 1320. The highest BCUT2D eigenvalue weighted by Crippen LogP contribution is 2.30. The quantitative estimate of drug-likeness (QED) is 0.285. The molecule has 4 rings (SSSR count). The van der Waals surface area contributed by atoms with E-state index < -0.39 is 0 Å². The van der Waals surface area contributed by atoms with Gasteiger partial charge in [0.15, 0.2) is 0 Å². The topological polar surface area (TPSA) is 110 Å². The number of likely N-dealkylation sites (tertiary alicyclic amines) is 2. The van der Waals surface area contributed by atoms with Crippen LogP contribution in [0.15, 0.2) is 54.6 Å². The van der Waals surface area contributed by atoms with Gasteiger partial charge in [0.05, 0.1) is 5.71 Å². The van der Waals surface area contributed by atoms with Crippen molar-refractivity contribution in [3.05, 3.63) is 71.3 Å². The first-order valence-corrected chi connectivity index (χ1v) is 15.1. The zero-order valence-electron chi connectivity index (χ0n) is 25.6. The number of hydrogen-bond acceptors (Lipinski definition) is 6. The van der Waals surface area contributed by atoms with Crippen LogP contribution in [0.25, 0.3) is 0 Å². The molecule has 0 aliphatic carbocycles. The van der Waals surface area contributed by atoms with Crippen LogP contribution in [0.4, 0.5) is 0 Å². The number of amides is 2. The Kier molecular flexibility index (Phi) is 10.3. The van der Waals surface area contributed by atoms with Gasteiger partial charge >= 0.3 is 0 Å². The second-order valence-corrected chi connectivity index (χ2v) is 12.3. The van der Waals surface area contributed by atoms with Gasteiger partial charge in [0.1, 0.15) is 11.5 Å². The second-order valence-electron chi connectivity index (χ2n) is 12.3. The maximum absolute atomic E-state index is 13.3. The van der Waals surface area contributed by atoms with Crippen LogP contribution in [-0.2, 0) is 11.3 Å². The largest absolute Gasteiger partial charge is 0.457 e. The summed E-state index contributed by atoms with van der Waals surface area (Å²) in [5.41, 5.74) is 2.86. The van der Waals surface area contributed by atoms with Crippen molar-refractivity contribution in [2.45, 2.75) is 72.5 Å². The monoisotopic (exact) mass is 571 g/mol. The molecule has 1 atom stereocenters. The summed E-state index contributed by atoms with van der Waals surface area (Å²) in [6.07, 6.45) is 5.70. The molecule has 0 aromatic heterocycles. The lowest BCUT2D eigenvalue weighted by molar-refractivity contribution is -0.128. The van der Waals surface area contributed by atoms with Gasteiger partial charge in [-0.2, -0.15) is 0 Å². The van der Waals surface area contributed by atoms with Crippen molar-refractivity contribution >= 4 is 23.2 Å². The summed E-state index contributed by atoms with van der Waals surface area (Å²) in [6.45, 7) is 13.5. The number of benzene rings is 2. The lowest BCUT2D eigenvalue weighted by Crippen LogP contribution is -2.46. The Balaban J connectivity index is 1.50. The van der Waals surface area contributed by atoms with E-state index in [2.05, 4.69) is 31.0 Å². The molecule has 2 saturated heterocycles. The van der Waals surface area contributed by atoms with Crippen molar-refractivity contribution in [3.63, 3.8) is 0 Å². The zero-order chi connectivity index (χ0) is 30.4. The molecule has 2 aliphatic rings. The summed E-state index contributed by atoms with van der Waals surface area (Å²) in [6, 6.07) is 13.3. The Hall–Kier alpha value is -3.78. The van der Waals surface area contributed by atoms with E-state index in [4.69, 9.17) is 15.6 Å². The Morgan fingerprint density at radius 1 is 1.02 bits per heavy atom. The van der Waals surface area contributed by atoms with Crippen LogP contribution in [0.2, 0.25) is 0 Å². The lowest BCUT2D eigenvalue weighted by atomic mass is 10.0. The van der Waals surface area contributed by atoms with Crippen LogP contribution >= 0.6 is 0 Å². The van der Waals surface area contributed by atoms with Crippen LogP contribution in [0.5, 0.6) is 11.5 Å². The minimum atomic E-state index is -0.122. The molecule has 2 fully saturated rings. The average molecular weight is 572 g/mol. The molecule has 2 amide bonds. The predicted octanol–water partition coefficient (Wildman–Crippen LogP) is 6.05. The third-order valence-electron chi connectivity index (χ3n) is 8.14. The third kappa shape index (κ3) is 8.16. The van der Waals surface area contributed by atoms with E-state index in [1.165, 1.54) is 0 Å². The van der Waals surface area contributed by atoms with Gasteiger partial charge in [0, 0.05) is 61.5 Å². The highest BCUT2D eigenvalue weighted by molar-refractivity contribution is 6.10. The average Bonchev–Trinajstić information content (AvgIpc) is 3.28. The lowest BCUT2D eigenvalue weighted by Gasteiger charge is -2.34. The van der Waals surface area contributed by atoms with E-state index >= 15 is 0 Å². The molecular formula is C34H45N5O3. The van der Waals surface area contributed by atoms with Crippen molar-refractivity contribution in [1.29, 1.82) is 10.8 Å². The summed E-state index contributed by atoms with van der Waals surface area (Å²) < 4.78 is 6.32. The minimum absolute atomic E-state index is 0.105. The third-order valence-corrected chi connectivity index (χ3v) is 8.14. The van der Waals surface area contributed by atoms with Crippen molar-refractivity contribution < 1.29 is 14.3 Å². The molecule has 42 heavy (non-hydrogen) atoms. The van der Waals surface area contributed by atoms with Crippen LogP contribution < -0.4 is 10.1 Å². The fourth-order valence-electron chi connectivity index (χ4n) is 5.37. The van der Waals surface area contributed by atoms with Gasteiger partial charge in [-0.15, -0.1) is 0 Å². The molecule has 3 N–H and O–H groups in total. The van der Waals surface area contributed by atoms with Gasteiger partial charge in [-0.05, 0) is 92.6 Å². The summed E-state index contributed by atoms with van der Waals surface area (Å²) in [7, 11) is 0. The predicted molar refractivity (Wildman–Crippen MR) is 168 cm³/mol. The molecule has 0 unspecified atom stereocenters. The Morgan fingerprint density at radius 3 is 2.29 bits per heavy atom. The van der Waals surface area contributed by atoms with Gasteiger partial charge in [-0.1, -0.05) is 26.8 Å². The Morgan fingerprint density at radius 2 is 1.69 bits per heavy atom. The SMILES string of the molecule is CC(C)C(=N)/C=C\C(=N)c1ccc(Oc2cc(C(=O)NC3CCN(C(C)C)CC3)ccc2CN2C[C@@H](C)CC2=O)cc1. The fourth-order valence-corrected chi connectivity index (χ4v) is 5.37. The Labute approximate surface area is 250 Å². The molecule has 2 heterocycles. The number of rotatable bonds is 11. The number of piperidine rings is 1. The number of hydrogen-bond donors (Lipinski definition) is 3. The van der Waals surface area contributed by atoms with Gasteiger partial charge in [0.25, 0.3) is 5.91 Å². The molecular weight excluding hydrogens is 526 g/mol. The number of carbonyl (C=O) groups is 2. The van der Waals surface area contributed by atoms with E-state index in [0.717, 1.165) is 31.5 Å². The van der Waals surface area contributed by atoms with Crippen molar-refractivity contribution in [2.75, 3.05) is 19.6 Å². The number of nitrogens with zero attached hydrogens (tertiary/aromatic N) is 2. The molecule has 0 saturated carbocycles. The fraction of sp³-hybridized carbons (Fsp3) is 0.471. The highest BCUT2D eigenvalue weighted by atomic mass is 16.5. The maximum Gasteiger partial charge on any atom is 0.251 e. The van der Waals surface area contributed by atoms with Crippen LogP contribution in [0, 0.1) is 22.7 Å². The summed E-state index contributed by atoms with van der Waals surface area (Å²) in [5.74, 6) is 1.54. The first-order valence-electron chi connectivity index (χ1n) is 15.1. The highest BCUT2D eigenvalue weighted by Gasteiger charge is 2.28. The van der Waals surface area contributed by atoms with E-state index in [9.17, 15) is 9.59 Å². The van der Waals surface area contributed by atoms with Gasteiger partial charge < -0.3 is 30.7 Å². The first-order chi connectivity index (χ1) is 20.0. The second kappa shape index (κ2) is 13.9. The summed E-state index contributed by atoms with van der Waals surface area (Å²) in [4.78, 5) is 30.1. The van der Waals surface area contributed by atoms with Crippen molar-refractivity contribution in [3.8, 4) is 11.5 Å². The standard InChI is InChI=1S/C34H45N5O3/c1-22(2)30(35)12-13-31(36)25-8-10-29(11-9-25)42-32-19-26(6-7-27(32)21-39-20-24(5)18-33(39)40)34(41)37-28-14-16-38(17-15-28)23(3)4/h6-13,19,22-24,28,35-36H,14-18,20-21H2,1-5H3,(H,37,41)/b13-12-,35-30?,36-31?/t24-/m0/s1. The molecule has 2 aromatic carbocycles. The maximum atomic E-state index is 13.3. The zero-order valence-corrected chi connectivity index (χ0v) is 25.6. The van der Waals surface area contributed by atoms with Crippen LogP contribution in [0.3, 0.4) is 0 Å². The number of nitrogens with one attached hydrogen (secondary N) is 3. The smallest absolute Gasteiger partial charge is 0.251 e. The molecule has 0 spiro atoms. The van der Waals surface area contributed by atoms with Gasteiger partial charge in [-0.3, -0.25) is 9.59 Å². The molecule has 8 heteroatoms. The van der Waals surface area contributed by atoms with E-state index in [0.29, 0.717) is 65.5 Å². The summed E-state index contributed by atoms with van der Waals surface area (Å²) >= 11 is 0. The number of carbonyl (C=O) groups excluding carboxylic acids is 2. The number of allylic oxidation sites excluding steroid dienone is 2. The minimum Gasteiger partial charge on any atom is -0.457 e. The van der Waals surface area contributed by atoms with Crippen LogP contribution in [-0.4, -0.2) is 64.8 Å². The molecule has 2 aliphatic heterocycles. The van der Waals surface area contributed by atoms with Gasteiger partial charge in [-0.25, -0.2) is 0 Å². The van der Waals surface area contributed by atoms with E-state index in [1.54, 1.807) is 30.4 Å². The first kappa shape index (κ1) is 31.2. The molecule has 2 aromatic rings. The molecule has 0 bridgehead atoms. The normalized spacial score (nSPS) is 18.3. The van der Waals surface area contributed by atoms with Crippen molar-refractivity contribution in [2.24, 2.45) is 11.8 Å². The summed E-state index contributed by atoms with van der Waals surface area (Å²) in [5, 5.41) is 19.5. The molecule has 224 valence electrons. The van der Waals surface area contributed by atoms with Crippen molar-refractivity contribution in [1.82, 2.24) is 15.1 Å². The molecule has 8 nitrogen and oxygen atoms in total. The molecule has 0 radical (unpaired) electrons. The van der Waals surface area contributed by atoms with E-state index in [-0.39, 0.29) is 23.8 Å². The van der Waals surface area contributed by atoms with E-state index in [1.807, 2.05) is 43.0 Å². The number of ether oxygens (including phenoxy) is 1. The van der Waals surface area contributed by atoms with Crippen LogP contribution in [0.1, 0.15) is 75.4 Å².